The third-order valence-corrected chi connectivity index (χ3v) is 3.96. The summed E-state index contributed by atoms with van der Waals surface area (Å²) in [5.74, 6) is 0.0734. The summed E-state index contributed by atoms with van der Waals surface area (Å²) in [5, 5.41) is 3.73. The fourth-order valence-electron chi connectivity index (χ4n) is 1.72. The van der Waals surface area contributed by atoms with Crippen molar-refractivity contribution in [3.63, 3.8) is 0 Å². The number of carbonyl (C=O) groups is 1. The molecule has 0 radical (unpaired) electrons. The van der Waals surface area contributed by atoms with Crippen molar-refractivity contribution in [3.8, 4) is 5.75 Å². The first kappa shape index (κ1) is 16.9. The monoisotopic (exact) mass is 357 g/mol. The largest absolute Gasteiger partial charge is 0.482 e. The molecule has 0 atom stereocenters. The Hall–Kier alpha value is -1.42. The van der Waals surface area contributed by atoms with Crippen LogP contribution in [0.2, 0.25) is 15.1 Å². The highest BCUT2D eigenvalue weighted by Crippen LogP contribution is 2.33. The minimum absolute atomic E-state index is 0.149. The van der Waals surface area contributed by atoms with E-state index < -0.39 is 0 Å². The van der Waals surface area contributed by atoms with Crippen LogP contribution < -0.4 is 10.1 Å². The first-order valence-corrected chi connectivity index (χ1v) is 7.68. The summed E-state index contributed by atoms with van der Waals surface area (Å²) >= 11 is 17.7. The van der Waals surface area contributed by atoms with Crippen LogP contribution in [-0.4, -0.2) is 12.5 Å². The molecule has 3 nitrogen and oxygen atoms in total. The first-order chi connectivity index (χ1) is 10.5. The van der Waals surface area contributed by atoms with Crippen LogP contribution in [0, 0.1) is 6.92 Å². The third kappa shape index (κ3) is 4.80. The number of aryl methyl sites for hydroxylation is 1. The Labute approximate surface area is 144 Å². The van der Waals surface area contributed by atoms with Gasteiger partial charge in [0.05, 0.1) is 15.1 Å². The van der Waals surface area contributed by atoms with Crippen LogP contribution in [0.15, 0.2) is 36.4 Å². The molecule has 2 aromatic carbocycles. The molecule has 116 valence electrons. The molecule has 22 heavy (non-hydrogen) atoms. The molecule has 0 aliphatic rings. The highest BCUT2D eigenvalue weighted by atomic mass is 35.5. The van der Waals surface area contributed by atoms with Gasteiger partial charge in [-0.25, -0.2) is 0 Å². The van der Waals surface area contributed by atoms with E-state index in [1.807, 2.05) is 31.2 Å². The van der Waals surface area contributed by atoms with Crippen LogP contribution in [0.3, 0.4) is 0 Å². The number of ether oxygens (including phenoxy) is 1. The lowest BCUT2D eigenvalue weighted by molar-refractivity contribution is -0.123. The van der Waals surface area contributed by atoms with Crippen LogP contribution in [0.4, 0.5) is 0 Å². The van der Waals surface area contributed by atoms with Crippen LogP contribution in [-0.2, 0) is 11.3 Å². The lowest BCUT2D eigenvalue weighted by atomic mass is 10.1. The zero-order chi connectivity index (χ0) is 16.1. The molecule has 0 aliphatic heterocycles. The van der Waals surface area contributed by atoms with Gasteiger partial charge in [-0.2, -0.15) is 0 Å². The molecule has 0 spiro atoms. The minimum atomic E-state index is -0.247. The van der Waals surface area contributed by atoms with Gasteiger partial charge in [-0.3, -0.25) is 4.79 Å². The predicted molar refractivity (Wildman–Crippen MR) is 90.0 cm³/mol. The van der Waals surface area contributed by atoms with Crippen molar-refractivity contribution in [2.24, 2.45) is 0 Å². The maximum atomic E-state index is 11.8. The fraction of sp³-hybridized carbons (Fsp3) is 0.188. The van der Waals surface area contributed by atoms with E-state index >= 15 is 0 Å². The SMILES string of the molecule is Cc1ccc(CNC(=O)COc2cc(Cl)c(Cl)cc2Cl)cc1. The number of hydrogen-bond acceptors (Lipinski definition) is 2. The molecular weight excluding hydrogens is 345 g/mol. The summed E-state index contributed by atoms with van der Waals surface area (Å²) < 4.78 is 5.35. The molecule has 2 rings (SSSR count). The maximum Gasteiger partial charge on any atom is 0.258 e. The predicted octanol–water partition coefficient (Wildman–Crippen LogP) is 4.65. The van der Waals surface area contributed by atoms with Crippen molar-refractivity contribution < 1.29 is 9.53 Å². The number of halogens is 3. The Morgan fingerprint density at radius 3 is 2.36 bits per heavy atom. The molecule has 0 saturated carbocycles. The molecule has 1 N–H and O–H groups in total. The van der Waals surface area contributed by atoms with Gasteiger partial charge in [0.25, 0.3) is 5.91 Å². The van der Waals surface area contributed by atoms with E-state index in [0.29, 0.717) is 27.4 Å². The summed E-state index contributed by atoms with van der Waals surface area (Å²) in [6.07, 6.45) is 0. The second kappa shape index (κ2) is 7.73. The quantitative estimate of drug-likeness (QED) is 0.790. The van der Waals surface area contributed by atoms with Gasteiger partial charge in [-0.15, -0.1) is 0 Å². The van der Waals surface area contributed by atoms with E-state index in [9.17, 15) is 4.79 Å². The van der Waals surface area contributed by atoms with Crippen LogP contribution in [0.1, 0.15) is 11.1 Å². The fourth-order valence-corrected chi connectivity index (χ4v) is 2.31. The van der Waals surface area contributed by atoms with Crippen molar-refractivity contribution in [1.82, 2.24) is 5.32 Å². The number of amides is 1. The van der Waals surface area contributed by atoms with Gasteiger partial charge in [0.1, 0.15) is 5.75 Å². The molecule has 0 heterocycles. The van der Waals surface area contributed by atoms with E-state index in [-0.39, 0.29) is 12.5 Å². The Morgan fingerprint density at radius 1 is 1.05 bits per heavy atom. The average Bonchev–Trinajstić information content (AvgIpc) is 2.49. The highest BCUT2D eigenvalue weighted by Gasteiger charge is 2.09. The van der Waals surface area contributed by atoms with Crippen molar-refractivity contribution >= 4 is 40.7 Å². The van der Waals surface area contributed by atoms with Gasteiger partial charge in [-0.05, 0) is 18.6 Å². The lowest BCUT2D eigenvalue weighted by Gasteiger charge is -2.10. The van der Waals surface area contributed by atoms with Crippen molar-refractivity contribution in [3.05, 3.63) is 62.6 Å². The van der Waals surface area contributed by atoms with Gasteiger partial charge in [-0.1, -0.05) is 64.6 Å². The molecule has 0 unspecified atom stereocenters. The minimum Gasteiger partial charge on any atom is -0.482 e. The number of carbonyl (C=O) groups excluding carboxylic acids is 1. The van der Waals surface area contributed by atoms with Crippen LogP contribution in [0.5, 0.6) is 5.75 Å². The van der Waals surface area contributed by atoms with E-state index in [2.05, 4.69) is 5.32 Å². The van der Waals surface area contributed by atoms with E-state index in [4.69, 9.17) is 39.5 Å². The molecule has 6 heteroatoms. The van der Waals surface area contributed by atoms with Gasteiger partial charge >= 0.3 is 0 Å². The van der Waals surface area contributed by atoms with Crippen LogP contribution in [0.25, 0.3) is 0 Å². The average molecular weight is 359 g/mol. The summed E-state index contributed by atoms with van der Waals surface area (Å²) in [4.78, 5) is 11.8. The number of benzene rings is 2. The van der Waals surface area contributed by atoms with Crippen molar-refractivity contribution in [2.45, 2.75) is 13.5 Å². The van der Waals surface area contributed by atoms with Crippen molar-refractivity contribution in [2.75, 3.05) is 6.61 Å². The normalized spacial score (nSPS) is 10.4. The molecule has 0 aliphatic carbocycles. The van der Waals surface area contributed by atoms with E-state index in [0.717, 1.165) is 5.56 Å². The Bertz CT molecular complexity index is 672. The lowest BCUT2D eigenvalue weighted by Crippen LogP contribution is -2.28. The molecular formula is C16H14Cl3NO2. The zero-order valence-corrected chi connectivity index (χ0v) is 14.1. The topological polar surface area (TPSA) is 38.3 Å². The maximum absolute atomic E-state index is 11.8. The van der Waals surface area contributed by atoms with Crippen LogP contribution >= 0.6 is 34.8 Å². The van der Waals surface area contributed by atoms with Gasteiger partial charge in [0.15, 0.2) is 6.61 Å². The molecule has 0 aromatic heterocycles. The van der Waals surface area contributed by atoms with Gasteiger partial charge in [0.2, 0.25) is 0 Å². The highest BCUT2D eigenvalue weighted by molar-refractivity contribution is 6.43. The molecule has 0 saturated heterocycles. The third-order valence-electron chi connectivity index (χ3n) is 2.94. The number of rotatable bonds is 5. The Morgan fingerprint density at radius 2 is 1.68 bits per heavy atom. The summed E-state index contributed by atoms with van der Waals surface area (Å²) in [7, 11) is 0. The molecule has 2 aromatic rings. The molecule has 1 amide bonds. The second-order valence-corrected chi connectivity index (χ2v) is 5.97. The van der Waals surface area contributed by atoms with E-state index in [1.54, 1.807) is 0 Å². The summed E-state index contributed by atoms with van der Waals surface area (Å²) in [6.45, 7) is 2.30. The Kier molecular flexibility index (Phi) is 5.95. The van der Waals surface area contributed by atoms with Gasteiger partial charge in [0, 0.05) is 12.6 Å². The molecule has 0 bridgehead atoms. The zero-order valence-electron chi connectivity index (χ0n) is 11.8. The van der Waals surface area contributed by atoms with E-state index in [1.165, 1.54) is 17.7 Å². The van der Waals surface area contributed by atoms with Gasteiger partial charge < -0.3 is 10.1 Å². The summed E-state index contributed by atoms with van der Waals surface area (Å²) in [5.41, 5.74) is 2.19. The smallest absolute Gasteiger partial charge is 0.258 e. The van der Waals surface area contributed by atoms with Crippen molar-refractivity contribution in [1.29, 1.82) is 0 Å². The number of hydrogen-bond donors (Lipinski definition) is 1. The summed E-state index contributed by atoms with van der Waals surface area (Å²) in [6, 6.07) is 10.9. The number of nitrogens with one attached hydrogen (secondary N) is 1. The standard InChI is InChI=1S/C16H14Cl3NO2/c1-10-2-4-11(5-3-10)8-20-16(21)9-22-15-7-13(18)12(17)6-14(15)19/h2-7H,8-9H2,1H3,(H,20,21). The second-order valence-electron chi connectivity index (χ2n) is 4.75. The molecule has 0 fully saturated rings. The Balaban J connectivity index is 1.85. The first-order valence-electron chi connectivity index (χ1n) is 6.55.